The Hall–Kier alpha value is -3.64. The van der Waals surface area contributed by atoms with E-state index in [4.69, 9.17) is 21.1 Å². The van der Waals surface area contributed by atoms with E-state index in [0.29, 0.717) is 23.9 Å². The van der Waals surface area contributed by atoms with E-state index in [2.05, 4.69) is 20.4 Å². The molecule has 13 heteroatoms. The number of rotatable bonds is 13. The number of benzene rings is 2. The van der Waals surface area contributed by atoms with Crippen LogP contribution in [0.1, 0.15) is 16.1 Å². The van der Waals surface area contributed by atoms with Crippen LogP contribution in [0.3, 0.4) is 0 Å². The molecule has 1 aromatic heterocycles. The summed E-state index contributed by atoms with van der Waals surface area (Å²) in [4.78, 5) is 19.5. The van der Waals surface area contributed by atoms with Crippen molar-refractivity contribution in [2.24, 2.45) is 0 Å². The summed E-state index contributed by atoms with van der Waals surface area (Å²) in [5.74, 6) is -0.214. The minimum Gasteiger partial charge on any atom is -0.490 e. The molecule has 0 aliphatic rings. The number of nitrogens with zero attached hydrogens (tertiary/aromatic N) is 3. The van der Waals surface area contributed by atoms with E-state index in [1.165, 1.54) is 18.2 Å². The van der Waals surface area contributed by atoms with Gasteiger partial charge in [-0.05, 0) is 43.9 Å². The summed E-state index contributed by atoms with van der Waals surface area (Å²) in [6.07, 6.45) is -4.80. The highest BCUT2D eigenvalue weighted by molar-refractivity contribution is 6.30. The van der Waals surface area contributed by atoms with Crippen LogP contribution >= 0.6 is 11.6 Å². The molecule has 206 valence electrons. The van der Waals surface area contributed by atoms with E-state index in [1.54, 1.807) is 23.7 Å². The predicted octanol–water partition coefficient (Wildman–Crippen LogP) is 4.27. The fraction of sp³-hybridized carbons (Fsp3) is 0.360. The van der Waals surface area contributed by atoms with Crippen LogP contribution in [0, 0.1) is 0 Å². The number of halogens is 4. The maximum atomic E-state index is 13.1. The molecular weight excluding hydrogens is 527 g/mol. The maximum absolute atomic E-state index is 13.1. The Morgan fingerprint density at radius 3 is 2.42 bits per heavy atom. The Kier molecular flexibility index (Phi) is 10.1. The molecule has 1 heterocycles. The predicted molar refractivity (Wildman–Crippen MR) is 137 cm³/mol. The highest BCUT2D eigenvalue weighted by Gasteiger charge is 2.31. The van der Waals surface area contributed by atoms with Crippen molar-refractivity contribution in [3.8, 4) is 17.5 Å². The molecule has 9 nitrogen and oxygen atoms in total. The van der Waals surface area contributed by atoms with Crippen molar-refractivity contribution in [3.63, 3.8) is 0 Å². The van der Waals surface area contributed by atoms with Gasteiger partial charge in [-0.2, -0.15) is 4.98 Å². The Labute approximate surface area is 223 Å². The van der Waals surface area contributed by atoms with E-state index >= 15 is 0 Å². The average molecular weight is 556 g/mol. The summed E-state index contributed by atoms with van der Waals surface area (Å²) in [7, 11) is 5.46. The summed E-state index contributed by atoms with van der Waals surface area (Å²) in [6, 6.07) is 12.5. The second-order valence-electron chi connectivity index (χ2n) is 8.33. The van der Waals surface area contributed by atoms with Crippen molar-refractivity contribution in [1.82, 2.24) is 19.8 Å². The monoisotopic (exact) mass is 555 g/mol. The molecule has 0 unspecified atom stereocenters. The van der Waals surface area contributed by atoms with Crippen LogP contribution in [-0.2, 0) is 6.54 Å². The van der Waals surface area contributed by atoms with Crippen LogP contribution in [0.15, 0.2) is 48.5 Å². The lowest BCUT2D eigenvalue weighted by molar-refractivity contribution is -0.274. The zero-order valence-electron chi connectivity index (χ0n) is 21.1. The summed E-state index contributed by atoms with van der Waals surface area (Å²) in [5.41, 5.74) is 1.15. The van der Waals surface area contributed by atoms with Crippen LogP contribution < -0.4 is 24.8 Å². The molecule has 0 spiro atoms. The van der Waals surface area contributed by atoms with E-state index in [9.17, 15) is 18.0 Å². The topological polar surface area (TPSA) is 89.9 Å². The van der Waals surface area contributed by atoms with Crippen LogP contribution in [0.5, 0.6) is 17.5 Å². The Bertz CT molecular complexity index is 1200. The molecule has 0 bridgehead atoms. The number of amides is 1. The first kappa shape index (κ1) is 28.9. The Balaban J connectivity index is 1.75. The second kappa shape index (κ2) is 13.2. The third kappa shape index (κ3) is 8.73. The molecule has 2 aromatic carbocycles. The third-order valence-electron chi connectivity index (χ3n) is 5.11. The van der Waals surface area contributed by atoms with Gasteiger partial charge in [-0.25, -0.2) is 0 Å². The van der Waals surface area contributed by atoms with Gasteiger partial charge in [0, 0.05) is 31.2 Å². The van der Waals surface area contributed by atoms with Gasteiger partial charge in [0.2, 0.25) is 0 Å². The maximum Gasteiger partial charge on any atom is 0.573 e. The summed E-state index contributed by atoms with van der Waals surface area (Å²) in [5, 5.41) is 6.40. The molecule has 1 amide bonds. The molecule has 0 atom stereocenters. The quantitative estimate of drug-likeness (QED) is 0.304. The van der Waals surface area contributed by atoms with Crippen LogP contribution in [0.4, 0.5) is 19.0 Å². The van der Waals surface area contributed by atoms with Gasteiger partial charge in [-0.3, -0.25) is 9.36 Å². The van der Waals surface area contributed by atoms with Crippen molar-refractivity contribution in [2.45, 2.75) is 12.9 Å². The molecule has 0 aliphatic carbocycles. The first-order valence-corrected chi connectivity index (χ1v) is 12.0. The normalized spacial score (nSPS) is 11.4. The minimum absolute atomic E-state index is 0.00251. The van der Waals surface area contributed by atoms with Gasteiger partial charge in [-0.15, -0.1) is 13.2 Å². The average Bonchev–Trinajstić information content (AvgIpc) is 3.19. The van der Waals surface area contributed by atoms with Crippen molar-refractivity contribution < 1.29 is 32.2 Å². The smallest absolute Gasteiger partial charge is 0.490 e. The van der Waals surface area contributed by atoms with Gasteiger partial charge >= 0.3 is 6.36 Å². The van der Waals surface area contributed by atoms with Crippen molar-refractivity contribution in [3.05, 3.63) is 64.8 Å². The van der Waals surface area contributed by atoms with Gasteiger partial charge in [0.1, 0.15) is 24.7 Å². The third-order valence-corrected chi connectivity index (χ3v) is 5.36. The van der Waals surface area contributed by atoms with Gasteiger partial charge in [-0.1, -0.05) is 29.8 Å². The fourth-order valence-electron chi connectivity index (χ4n) is 3.40. The van der Waals surface area contributed by atoms with Gasteiger partial charge < -0.3 is 29.7 Å². The number of likely N-dealkylation sites (N-methyl/N-ethyl adjacent to an activating group) is 1. The van der Waals surface area contributed by atoms with Crippen LogP contribution in [0.25, 0.3) is 0 Å². The molecule has 3 aromatic rings. The first-order chi connectivity index (χ1) is 18.1. The van der Waals surface area contributed by atoms with Crippen molar-refractivity contribution >= 4 is 23.3 Å². The number of anilines is 1. The van der Waals surface area contributed by atoms with Gasteiger partial charge in [0.25, 0.3) is 11.9 Å². The zero-order valence-corrected chi connectivity index (χ0v) is 21.9. The molecule has 0 radical (unpaired) electrons. The van der Waals surface area contributed by atoms with E-state index in [-0.39, 0.29) is 43.1 Å². The SMILES string of the molecule is CNc1nc(OCCOc2cccc(OC(F)(F)F)c2)n(Cc2ccc(Cl)cc2)c1C(=O)NCCN(C)C. The fourth-order valence-corrected chi connectivity index (χ4v) is 3.52. The van der Waals surface area contributed by atoms with Crippen molar-refractivity contribution in [2.75, 3.05) is 52.8 Å². The van der Waals surface area contributed by atoms with E-state index < -0.39 is 12.1 Å². The Morgan fingerprint density at radius 2 is 1.76 bits per heavy atom. The number of hydrogen-bond donors (Lipinski definition) is 2. The lowest BCUT2D eigenvalue weighted by atomic mass is 10.2. The number of alkyl halides is 3. The summed E-state index contributed by atoms with van der Waals surface area (Å²) < 4.78 is 54.3. The van der Waals surface area contributed by atoms with E-state index in [0.717, 1.165) is 11.6 Å². The summed E-state index contributed by atoms with van der Waals surface area (Å²) in [6.45, 7) is 1.37. The number of hydrogen-bond acceptors (Lipinski definition) is 7. The lowest BCUT2D eigenvalue weighted by Gasteiger charge is -2.15. The number of aromatic nitrogens is 2. The number of imidazole rings is 1. The highest BCUT2D eigenvalue weighted by Crippen LogP contribution is 2.27. The first-order valence-electron chi connectivity index (χ1n) is 11.6. The molecule has 2 N–H and O–H groups in total. The van der Waals surface area contributed by atoms with Gasteiger partial charge in [0.15, 0.2) is 11.5 Å². The van der Waals surface area contributed by atoms with E-state index in [1.807, 2.05) is 31.1 Å². The molecular formula is C25H29ClF3N5O4. The second-order valence-corrected chi connectivity index (χ2v) is 8.77. The number of nitrogens with one attached hydrogen (secondary N) is 2. The van der Waals surface area contributed by atoms with Gasteiger partial charge in [0.05, 0.1) is 6.54 Å². The minimum atomic E-state index is -4.80. The highest BCUT2D eigenvalue weighted by atomic mass is 35.5. The number of carbonyl (C=O) groups excluding carboxylic acids is 1. The Morgan fingerprint density at radius 1 is 1.08 bits per heavy atom. The van der Waals surface area contributed by atoms with Crippen LogP contribution in [0.2, 0.25) is 5.02 Å². The molecule has 38 heavy (non-hydrogen) atoms. The largest absolute Gasteiger partial charge is 0.573 e. The summed E-state index contributed by atoms with van der Waals surface area (Å²) >= 11 is 6.01. The molecule has 3 rings (SSSR count). The standard InChI is InChI=1S/C25H29ClF3N5O4/c1-30-22-21(23(35)31-11-12-33(2)3)34(16-17-7-9-18(26)10-8-17)24(32-22)37-14-13-36-19-5-4-6-20(15-19)38-25(27,28)29/h4-10,15,30H,11-14,16H2,1-3H3,(H,31,35). The van der Waals surface area contributed by atoms with Crippen LogP contribution in [-0.4, -0.2) is 74.2 Å². The number of carbonyl (C=O) groups is 1. The molecule has 0 aliphatic heterocycles. The molecule has 0 saturated carbocycles. The molecule has 0 fully saturated rings. The molecule has 0 saturated heterocycles. The number of ether oxygens (including phenoxy) is 3. The lowest BCUT2D eigenvalue weighted by Crippen LogP contribution is -2.33. The zero-order chi connectivity index (χ0) is 27.7. The van der Waals surface area contributed by atoms with Crippen molar-refractivity contribution in [1.29, 1.82) is 0 Å².